The minimum Gasteiger partial charge on any atom is -0.504 e. The summed E-state index contributed by atoms with van der Waals surface area (Å²) in [4.78, 5) is 13.4. The lowest BCUT2D eigenvalue weighted by atomic mass is 10.1. The second-order valence-corrected chi connectivity index (χ2v) is 4.97. The van der Waals surface area contributed by atoms with Crippen molar-refractivity contribution in [3.63, 3.8) is 0 Å². The van der Waals surface area contributed by atoms with E-state index < -0.39 is 5.97 Å². The van der Waals surface area contributed by atoms with Crippen LogP contribution in [0, 0.1) is 6.92 Å². The van der Waals surface area contributed by atoms with Crippen LogP contribution >= 0.6 is 11.8 Å². The molecule has 0 aliphatic rings. The number of nitrogens with one attached hydrogen (secondary N) is 1. The molecule has 0 amide bonds. The lowest BCUT2D eigenvalue weighted by Crippen LogP contribution is -1.97. The van der Waals surface area contributed by atoms with E-state index in [1.807, 2.05) is 0 Å². The summed E-state index contributed by atoms with van der Waals surface area (Å²) in [6, 6.07) is 3.37. The van der Waals surface area contributed by atoms with Gasteiger partial charge in [-0.25, -0.2) is 0 Å². The van der Waals surface area contributed by atoms with Gasteiger partial charge in [0.1, 0.15) is 0 Å². The Morgan fingerprint density at radius 2 is 2.20 bits per heavy atom. The zero-order valence-corrected chi connectivity index (χ0v) is 11.7. The number of methoxy groups -OCH3 is 1. The Bertz CT molecular complexity index is 642. The van der Waals surface area contributed by atoms with Gasteiger partial charge in [-0.3, -0.25) is 4.79 Å². The van der Waals surface area contributed by atoms with Gasteiger partial charge in [0.05, 0.1) is 12.9 Å². The first-order valence-electron chi connectivity index (χ1n) is 5.66. The molecule has 2 aromatic rings. The highest BCUT2D eigenvalue weighted by Crippen LogP contribution is 2.34. The fourth-order valence-corrected chi connectivity index (χ4v) is 2.14. The van der Waals surface area contributed by atoms with Crippen LogP contribution in [0.2, 0.25) is 0 Å². The third-order valence-corrected chi connectivity index (χ3v) is 3.41. The highest BCUT2D eigenvalue weighted by molar-refractivity contribution is 7.99. The van der Waals surface area contributed by atoms with Gasteiger partial charge in [0, 0.05) is 5.56 Å². The minimum absolute atomic E-state index is 0.0799. The largest absolute Gasteiger partial charge is 0.504 e. The number of nitrogens with zero attached hydrogens (tertiary/aromatic N) is 2. The number of phenols is 1. The van der Waals surface area contributed by atoms with E-state index in [1.54, 1.807) is 19.1 Å². The Hall–Kier alpha value is -2.22. The van der Waals surface area contributed by atoms with Gasteiger partial charge in [0.25, 0.3) is 0 Å². The quantitative estimate of drug-likeness (QED) is 0.720. The number of hydrogen-bond acceptors (Lipinski definition) is 6. The molecule has 0 atom stereocenters. The van der Waals surface area contributed by atoms with E-state index in [9.17, 15) is 9.90 Å². The number of aryl methyl sites for hydroxylation is 1. The van der Waals surface area contributed by atoms with Crippen LogP contribution < -0.4 is 4.74 Å². The first-order chi connectivity index (χ1) is 9.51. The Labute approximate surface area is 119 Å². The van der Waals surface area contributed by atoms with Gasteiger partial charge in [-0.15, -0.1) is 10.2 Å². The number of carboxylic acids is 1. The molecular weight excluding hydrogens is 282 g/mol. The lowest BCUT2D eigenvalue weighted by molar-refractivity contribution is -0.133. The van der Waals surface area contributed by atoms with Crippen LogP contribution in [0.15, 0.2) is 17.3 Å². The monoisotopic (exact) mass is 295 g/mol. The van der Waals surface area contributed by atoms with Gasteiger partial charge >= 0.3 is 5.97 Å². The number of ether oxygens (including phenoxy) is 1. The molecular formula is C12H13N3O4S. The average molecular weight is 295 g/mol. The van der Waals surface area contributed by atoms with Crippen molar-refractivity contribution in [2.45, 2.75) is 12.1 Å². The fraction of sp³-hybridized carbons (Fsp3) is 0.250. The zero-order valence-electron chi connectivity index (χ0n) is 10.9. The molecule has 0 unspecified atom stereocenters. The Kier molecular flexibility index (Phi) is 4.14. The molecule has 0 bridgehead atoms. The molecule has 0 aliphatic heterocycles. The number of H-pyrrole nitrogens is 1. The van der Waals surface area contributed by atoms with E-state index in [0.717, 1.165) is 11.8 Å². The molecule has 3 N–H and O–H groups in total. The second-order valence-electron chi connectivity index (χ2n) is 4.01. The van der Waals surface area contributed by atoms with Gasteiger partial charge in [-0.1, -0.05) is 11.8 Å². The van der Waals surface area contributed by atoms with Gasteiger partial charge in [-0.2, -0.15) is 0 Å². The number of phenolic OH excluding ortho intramolecular Hbond substituents is 1. The van der Waals surface area contributed by atoms with Crippen molar-refractivity contribution in [3.05, 3.63) is 17.7 Å². The number of hydrogen-bond donors (Lipinski definition) is 3. The molecule has 0 aliphatic carbocycles. The van der Waals surface area contributed by atoms with Gasteiger partial charge < -0.3 is 19.9 Å². The number of aliphatic carboxylic acids is 1. The summed E-state index contributed by atoms with van der Waals surface area (Å²) in [5, 5.41) is 26.6. The highest BCUT2D eigenvalue weighted by Gasteiger charge is 2.12. The van der Waals surface area contributed by atoms with Gasteiger partial charge in [0.2, 0.25) is 0 Å². The predicted molar refractivity (Wildman–Crippen MR) is 73.1 cm³/mol. The molecule has 0 saturated heterocycles. The van der Waals surface area contributed by atoms with Crippen molar-refractivity contribution in [1.29, 1.82) is 0 Å². The van der Waals surface area contributed by atoms with Crippen LogP contribution in [0.5, 0.6) is 11.5 Å². The molecule has 1 aromatic carbocycles. The number of benzene rings is 1. The third-order valence-electron chi connectivity index (χ3n) is 2.56. The van der Waals surface area contributed by atoms with Crippen molar-refractivity contribution in [2.75, 3.05) is 12.9 Å². The maximum Gasteiger partial charge on any atom is 0.313 e. The van der Waals surface area contributed by atoms with Gasteiger partial charge in [-0.05, 0) is 24.6 Å². The second kappa shape index (κ2) is 5.83. The number of thioether (sulfide) groups is 1. The van der Waals surface area contributed by atoms with Crippen LogP contribution in [0.25, 0.3) is 11.4 Å². The Morgan fingerprint density at radius 1 is 1.45 bits per heavy atom. The SMILES string of the molecule is COc1cc(-c2nnc(SCC(=O)O)[nH]2)cc(C)c1O. The van der Waals surface area contributed by atoms with E-state index in [-0.39, 0.29) is 11.5 Å². The molecule has 1 aromatic heterocycles. The average Bonchev–Trinajstić information content (AvgIpc) is 2.88. The van der Waals surface area contributed by atoms with Crippen LogP contribution in [-0.2, 0) is 4.79 Å². The van der Waals surface area contributed by atoms with E-state index in [2.05, 4.69) is 15.2 Å². The standard InChI is InChI=1S/C12H13N3O4S/c1-6-3-7(4-8(19-2)10(6)18)11-13-12(15-14-11)20-5-9(16)17/h3-4,18H,5H2,1-2H3,(H,16,17)(H,13,14,15). The molecule has 8 heteroatoms. The summed E-state index contributed by atoms with van der Waals surface area (Å²) in [6.45, 7) is 1.75. The summed E-state index contributed by atoms with van der Waals surface area (Å²) < 4.78 is 5.08. The van der Waals surface area contributed by atoms with Crippen molar-refractivity contribution < 1.29 is 19.7 Å². The van der Waals surface area contributed by atoms with E-state index in [0.29, 0.717) is 27.9 Å². The smallest absolute Gasteiger partial charge is 0.313 e. The summed E-state index contributed by atoms with van der Waals surface area (Å²) in [5.41, 5.74) is 1.35. The molecule has 0 radical (unpaired) electrons. The maximum atomic E-state index is 10.5. The third kappa shape index (κ3) is 3.02. The predicted octanol–water partition coefficient (Wildman–Crippen LogP) is 1.67. The fourth-order valence-electron chi connectivity index (χ4n) is 1.61. The minimum atomic E-state index is -0.921. The topological polar surface area (TPSA) is 108 Å². The number of aromatic nitrogens is 3. The Balaban J connectivity index is 2.28. The van der Waals surface area contributed by atoms with Crippen molar-refractivity contribution in [1.82, 2.24) is 15.2 Å². The van der Waals surface area contributed by atoms with Crippen LogP contribution in [0.3, 0.4) is 0 Å². The maximum absolute atomic E-state index is 10.5. The zero-order chi connectivity index (χ0) is 14.7. The molecule has 2 rings (SSSR count). The van der Waals surface area contributed by atoms with E-state index in [4.69, 9.17) is 9.84 Å². The Morgan fingerprint density at radius 3 is 2.85 bits per heavy atom. The molecule has 0 fully saturated rings. The van der Waals surface area contributed by atoms with Crippen molar-refractivity contribution in [2.24, 2.45) is 0 Å². The molecule has 20 heavy (non-hydrogen) atoms. The van der Waals surface area contributed by atoms with Crippen LogP contribution in [-0.4, -0.2) is 44.2 Å². The summed E-state index contributed by atoms with van der Waals surface area (Å²) >= 11 is 1.05. The number of aromatic amines is 1. The van der Waals surface area contributed by atoms with Crippen molar-refractivity contribution in [3.8, 4) is 22.9 Å². The number of carbonyl (C=O) groups is 1. The summed E-state index contributed by atoms with van der Waals surface area (Å²) in [5.74, 6) is -0.103. The van der Waals surface area contributed by atoms with E-state index >= 15 is 0 Å². The highest BCUT2D eigenvalue weighted by atomic mass is 32.2. The van der Waals surface area contributed by atoms with Gasteiger partial charge in [0.15, 0.2) is 22.5 Å². The lowest BCUT2D eigenvalue weighted by Gasteiger charge is -2.07. The van der Waals surface area contributed by atoms with Crippen molar-refractivity contribution >= 4 is 17.7 Å². The molecule has 106 valence electrons. The number of carboxylic acid groups (broad SMARTS) is 1. The number of aromatic hydroxyl groups is 1. The first-order valence-corrected chi connectivity index (χ1v) is 6.65. The van der Waals surface area contributed by atoms with Crippen LogP contribution in [0.1, 0.15) is 5.56 Å². The molecule has 0 spiro atoms. The first kappa shape index (κ1) is 14.2. The molecule has 1 heterocycles. The van der Waals surface area contributed by atoms with E-state index in [1.165, 1.54) is 7.11 Å². The normalized spacial score (nSPS) is 10.5. The number of rotatable bonds is 5. The summed E-state index contributed by atoms with van der Waals surface area (Å²) in [6.07, 6.45) is 0. The molecule has 7 nitrogen and oxygen atoms in total. The summed E-state index contributed by atoms with van der Waals surface area (Å²) in [7, 11) is 1.47. The van der Waals surface area contributed by atoms with Crippen LogP contribution in [0.4, 0.5) is 0 Å². The molecule has 0 saturated carbocycles.